The van der Waals surface area contributed by atoms with Gasteiger partial charge in [0.2, 0.25) is 0 Å². The van der Waals surface area contributed by atoms with Gasteiger partial charge in [0.05, 0.1) is 7.80 Å². The average molecular weight is 273 g/mol. The first-order valence-corrected chi connectivity index (χ1v) is 5.73. The molecule has 12 heavy (non-hydrogen) atoms. The second kappa shape index (κ2) is 29.5. The van der Waals surface area contributed by atoms with Gasteiger partial charge < -0.3 is 14.4 Å². The van der Waals surface area contributed by atoms with E-state index < -0.39 is 7.80 Å². The van der Waals surface area contributed by atoms with Crippen molar-refractivity contribution in [3.63, 3.8) is 0 Å². The molecular formula is C7H21O3PY. The van der Waals surface area contributed by atoms with E-state index in [1.165, 1.54) is 0 Å². The minimum atomic E-state index is -1.12. The Labute approximate surface area is 102 Å². The van der Waals surface area contributed by atoms with Crippen molar-refractivity contribution < 1.29 is 47.1 Å². The third-order valence-electron chi connectivity index (χ3n) is 0.787. The fourth-order valence-corrected chi connectivity index (χ4v) is 0. The van der Waals surface area contributed by atoms with E-state index in [0.29, 0.717) is 0 Å². The molecule has 0 saturated heterocycles. The SMILES string of the molecule is CCOC.CC[PH](C)=O.CO.[Y]. The van der Waals surface area contributed by atoms with Crippen LogP contribution in [0, 0.1) is 0 Å². The maximum absolute atomic E-state index is 10.00. The van der Waals surface area contributed by atoms with Crippen LogP contribution in [-0.4, -0.2) is 38.8 Å². The van der Waals surface area contributed by atoms with Crippen LogP contribution in [0.25, 0.3) is 0 Å². The van der Waals surface area contributed by atoms with Crippen molar-refractivity contribution in [2.75, 3.05) is 33.7 Å². The van der Waals surface area contributed by atoms with E-state index in [4.69, 9.17) is 5.11 Å². The predicted octanol–water partition coefficient (Wildman–Crippen LogP) is 1.45. The topological polar surface area (TPSA) is 46.5 Å². The fourth-order valence-electron chi connectivity index (χ4n) is 0. The molecule has 0 aliphatic heterocycles. The number of hydrogen-bond donors (Lipinski definition) is 1. The van der Waals surface area contributed by atoms with Gasteiger partial charge in [0.15, 0.2) is 0 Å². The third-order valence-corrected chi connectivity index (χ3v) is 1.78. The maximum atomic E-state index is 10.00. The van der Waals surface area contributed by atoms with Crippen molar-refractivity contribution in [1.82, 2.24) is 0 Å². The van der Waals surface area contributed by atoms with Crippen LogP contribution in [-0.2, 0) is 42.0 Å². The molecule has 0 aromatic heterocycles. The normalized spacial score (nSPS) is 9.17. The van der Waals surface area contributed by atoms with Crippen molar-refractivity contribution in [1.29, 1.82) is 0 Å². The Balaban J connectivity index is -0.0000000419. The third kappa shape index (κ3) is 65.4. The molecule has 0 aromatic carbocycles. The summed E-state index contributed by atoms with van der Waals surface area (Å²) in [5.41, 5.74) is 0. The van der Waals surface area contributed by atoms with Gasteiger partial charge >= 0.3 is 0 Å². The Kier molecular flexibility index (Phi) is 57.1. The Bertz CT molecular complexity index is 69.7. The molecule has 0 heterocycles. The first-order chi connectivity index (χ1) is 5.18. The minimum absolute atomic E-state index is 0. The van der Waals surface area contributed by atoms with Gasteiger partial charge in [-0.15, -0.1) is 0 Å². The minimum Gasteiger partial charge on any atom is -0.400 e. The second-order valence-electron chi connectivity index (χ2n) is 1.63. The summed E-state index contributed by atoms with van der Waals surface area (Å²) in [6, 6.07) is 0. The number of hydrogen-bond acceptors (Lipinski definition) is 3. The van der Waals surface area contributed by atoms with E-state index in [-0.39, 0.29) is 32.7 Å². The molecule has 0 bridgehead atoms. The summed E-state index contributed by atoms with van der Waals surface area (Å²) in [5, 5.41) is 7.00. The molecule has 0 aromatic rings. The van der Waals surface area contributed by atoms with Gasteiger partial charge in [0.25, 0.3) is 0 Å². The van der Waals surface area contributed by atoms with Crippen molar-refractivity contribution in [2.24, 2.45) is 0 Å². The van der Waals surface area contributed by atoms with Gasteiger partial charge in [0, 0.05) is 53.5 Å². The number of aliphatic hydroxyl groups is 1. The molecule has 0 spiro atoms. The molecule has 75 valence electrons. The molecule has 0 aliphatic rings. The standard InChI is InChI=1S/C3H9OP.C3H8O.CH4O.Y/c1-3-5(2)4;1-3-4-2;1-2;/h5H,3H2,1-2H3;3H2,1-2H3;2H,1H3;. The molecule has 1 radical (unpaired) electrons. The molecule has 0 fully saturated rings. The number of methoxy groups -OCH3 is 1. The molecule has 0 saturated carbocycles. The van der Waals surface area contributed by atoms with Crippen LogP contribution < -0.4 is 0 Å². The van der Waals surface area contributed by atoms with Crippen LogP contribution >= 0.6 is 7.80 Å². The zero-order valence-electron chi connectivity index (χ0n) is 8.76. The van der Waals surface area contributed by atoms with Gasteiger partial charge in [-0.3, -0.25) is 0 Å². The van der Waals surface area contributed by atoms with Crippen molar-refractivity contribution in [3.05, 3.63) is 0 Å². The Morgan fingerprint density at radius 3 is 1.50 bits per heavy atom. The van der Waals surface area contributed by atoms with Crippen LogP contribution in [0.2, 0.25) is 0 Å². The first-order valence-electron chi connectivity index (χ1n) is 3.62. The second-order valence-corrected chi connectivity index (χ2v) is 3.74. The summed E-state index contributed by atoms with van der Waals surface area (Å²) in [5.74, 6) is 0. The zero-order chi connectivity index (χ0) is 9.70. The van der Waals surface area contributed by atoms with Gasteiger partial charge in [-0.1, -0.05) is 6.92 Å². The molecule has 3 nitrogen and oxygen atoms in total. The van der Waals surface area contributed by atoms with Gasteiger partial charge in [-0.25, -0.2) is 0 Å². The zero-order valence-corrected chi connectivity index (χ0v) is 12.6. The van der Waals surface area contributed by atoms with Crippen LogP contribution in [0.1, 0.15) is 13.8 Å². The summed E-state index contributed by atoms with van der Waals surface area (Å²) in [7, 11) is 1.56. The molecule has 0 rings (SSSR count). The summed E-state index contributed by atoms with van der Waals surface area (Å²) < 4.78 is 14.5. The first kappa shape index (κ1) is 23.2. The van der Waals surface area contributed by atoms with Gasteiger partial charge in [-0.05, 0) is 19.8 Å². The maximum Gasteiger partial charge on any atom is 0.0730 e. The molecular weight excluding hydrogens is 252 g/mol. The van der Waals surface area contributed by atoms with E-state index in [1.807, 2.05) is 13.8 Å². The predicted molar refractivity (Wildman–Crippen MR) is 51.2 cm³/mol. The fraction of sp³-hybridized carbons (Fsp3) is 1.00. The van der Waals surface area contributed by atoms with E-state index in [2.05, 4.69) is 4.74 Å². The van der Waals surface area contributed by atoms with Crippen LogP contribution in [0.4, 0.5) is 0 Å². The van der Waals surface area contributed by atoms with Crippen molar-refractivity contribution >= 4 is 7.80 Å². The summed E-state index contributed by atoms with van der Waals surface area (Å²) in [6.45, 7) is 6.48. The molecule has 1 N–H and O–H groups in total. The van der Waals surface area contributed by atoms with Gasteiger partial charge in [-0.2, -0.15) is 0 Å². The Hall–Kier alpha value is 1.25. The molecule has 1 unspecified atom stereocenters. The van der Waals surface area contributed by atoms with E-state index >= 15 is 0 Å². The quantitative estimate of drug-likeness (QED) is 0.775. The average Bonchev–Trinajstić information content (AvgIpc) is 2.08. The molecule has 5 heteroatoms. The van der Waals surface area contributed by atoms with Crippen molar-refractivity contribution in [2.45, 2.75) is 13.8 Å². The van der Waals surface area contributed by atoms with Crippen LogP contribution in [0.5, 0.6) is 0 Å². The van der Waals surface area contributed by atoms with E-state index in [0.717, 1.165) is 19.9 Å². The summed E-state index contributed by atoms with van der Waals surface area (Å²) in [4.78, 5) is 0. The van der Waals surface area contributed by atoms with Crippen LogP contribution in [0.3, 0.4) is 0 Å². The number of rotatable bonds is 2. The van der Waals surface area contributed by atoms with Crippen LogP contribution in [0.15, 0.2) is 0 Å². The van der Waals surface area contributed by atoms with E-state index in [9.17, 15) is 4.57 Å². The largest absolute Gasteiger partial charge is 0.400 e. The Morgan fingerprint density at radius 1 is 1.33 bits per heavy atom. The number of ether oxygens (including phenoxy) is 1. The monoisotopic (exact) mass is 273 g/mol. The molecule has 0 aliphatic carbocycles. The molecule has 0 amide bonds. The number of aliphatic hydroxyl groups excluding tert-OH is 1. The Morgan fingerprint density at radius 2 is 1.50 bits per heavy atom. The summed E-state index contributed by atoms with van der Waals surface area (Å²) >= 11 is 0. The van der Waals surface area contributed by atoms with Gasteiger partial charge in [0.1, 0.15) is 0 Å². The van der Waals surface area contributed by atoms with Crippen molar-refractivity contribution in [3.8, 4) is 0 Å². The smallest absolute Gasteiger partial charge is 0.0730 e. The summed E-state index contributed by atoms with van der Waals surface area (Å²) in [6.07, 6.45) is 0.852. The molecule has 1 atom stereocenters. The van der Waals surface area contributed by atoms with E-state index in [1.54, 1.807) is 13.8 Å².